The summed E-state index contributed by atoms with van der Waals surface area (Å²) in [5.74, 6) is -0.715. The highest BCUT2D eigenvalue weighted by Crippen LogP contribution is 2.15. The van der Waals surface area contributed by atoms with Gasteiger partial charge < -0.3 is 10.1 Å². The van der Waals surface area contributed by atoms with Gasteiger partial charge in [0.25, 0.3) is 5.91 Å². The lowest BCUT2D eigenvalue weighted by Crippen LogP contribution is -2.31. The molecule has 2 aromatic carbocycles. The lowest BCUT2D eigenvalue weighted by molar-refractivity contribution is -0.124. The number of aryl methyl sites for hydroxylation is 1. The topological polar surface area (TPSA) is 86.1 Å². The van der Waals surface area contributed by atoms with Gasteiger partial charge in [0.2, 0.25) is 0 Å². The summed E-state index contributed by atoms with van der Waals surface area (Å²) < 4.78 is 6.85. The fourth-order valence-corrected chi connectivity index (χ4v) is 2.76. The molecule has 1 N–H and O–H groups in total. The first-order chi connectivity index (χ1) is 13.1. The first kappa shape index (κ1) is 18.6. The number of amides is 1. The molecule has 0 fully saturated rings. The summed E-state index contributed by atoms with van der Waals surface area (Å²) in [6, 6.07) is 15.0. The number of carbonyl (C=O) groups excluding carboxylic acids is 2. The highest BCUT2D eigenvalue weighted by molar-refractivity contribution is 5.94. The van der Waals surface area contributed by atoms with Gasteiger partial charge in [-0.1, -0.05) is 42.5 Å². The number of fused-ring (bicyclic) bond motifs is 1. The lowest BCUT2D eigenvalue weighted by Gasteiger charge is -2.13. The number of esters is 1. The number of ether oxygens (including phenoxy) is 1. The van der Waals surface area contributed by atoms with Gasteiger partial charge in [-0.15, -0.1) is 5.10 Å². The molecule has 0 spiro atoms. The molecule has 1 amide bonds. The van der Waals surface area contributed by atoms with E-state index >= 15 is 0 Å². The molecule has 0 aliphatic heterocycles. The highest BCUT2D eigenvalue weighted by atomic mass is 16.5. The summed E-state index contributed by atoms with van der Waals surface area (Å²) in [4.78, 5) is 24.1. The van der Waals surface area contributed by atoms with Crippen molar-refractivity contribution in [1.29, 1.82) is 0 Å². The maximum atomic E-state index is 12.2. The van der Waals surface area contributed by atoms with Gasteiger partial charge in [-0.05, 0) is 36.6 Å². The lowest BCUT2D eigenvalue weighted by atomic mass is 10.0. The van der Waals surface area contributed by atoms with Crippen molar-refractivity contribution in [2.75, 3.05) is 13.2 Å². The summed E-state index contributed by atoms with van der Waals surface area (Å²) in [7, 11) is 0. The molecule has 0 unspecified atom stereocenters. The molecule has 0 radical (unpaired) electrons. The minimum atomic E-state index is -0.561. The normalized spacial score (nSPS) is 11.9. The second kappa shape index (κ2) is 8.44. The van der Waals surface area contributed by atoms with Crippen LogP contribution in [0.4, 0.5) is 0 Å². The van der Waals surface area contributed by atoms with Crippen LogP contribution in [0.15, 0.2) is 48.5 Å². The van der Waals surface area contributed by atoms with E-state index < -0.39 is 5.97 Å². The van der Waals surface area contributed by atoms with E-state index in [2.05, 4.69) is 15.6 Å². The third-order valence-electron chi connectivity index (χ3n) is 4.36. The summed E-state index contributed by atoms with van der Waals surface area (Å²) >= 11 is 0. The first-order valence-corrected chi connectivity index (χ1v) is 8.90. The minimum Gasteiger partial charge on any atom is -0.452 e. The van der Waals surface area contributed by atoms with Crippen molar-refractivity contribution in [3.8, 4) is 0 Å². The minimum absolute atomic E-state index is 0.175. The van der Waals surface area contributed by atoms with Crippen LogP contribution >= 0.6 is 0 Å². The van der Waals surface area contributed by atoms with E-state index in [0.29, 0.717) is 24.2 Å². The fraction of sp³-hybridized carbons (Fsp3) is 0.300. The molecule has 1 aromatic heterocycles. The molecule has 27 heavy (non-hydrogen) atoms. The van der Waals surface area contributed by atoms with Gasteiger partial charge in [0.1, 0.15) is 5.52 Å². The monoisotopic (exact) mass is 366 g/mol. The number of hydrogen-bond donors (Lipinski definition) is 1. The number of benzene rings is 2. The Morgan fingerprint density at radius 3 is 2.70 bits per heavy atom. The number of carbonyl (C=O) groups is 2. The molecule has 7 heteroatoms. The molecule has 7 nitrogen and oxygen atoms in total. The Kier molecular flexibility index (Phi) is 5.80. The molecule has 3 aromatic rings. The smallest absolute Gasteiger partial charge is 0.338 e. The number of hydrogen-bond acceptors (Lipinski definition) is 5. The summed E-state index contributed by atoms with van der Waals surface area (Å²) in [6.45, 7) is 4.85. The third kappa shape index (κ3) is 4.49. The van der Waals surface area contributed by atoms with Gasteiger partial charge in [-0.2, -0.15) is 0 Å². The summed E-state index contributed by atoms with van der Waals surface area (Å²) in [5.41, 5.74) is 2.95. The zero-order chi connectivity index (χ0) is 19.2. The molecule has 1 atom stereocenters. The second-order valence-corrected chi connectivity index (χ2v) is 6.30. The maximum Gasteiger partial charge on any atom is 0.338 e. The quantitative estimate of drug-likeness (QED) is 0.650. The number of aromatic nitrogens is 3. The van der Waals surface area contributed by atoms with Crippen LogP contribution in [0.25, 0.3) is 11.0 Å². The number of nitrogens with zero attached hydrogens (tertiary/aromatic N) is 3. The Morgan fingerprint density at radius 2 is 1.96 bits per heavy atom. The van der Waals surface area contributed by atoms with Gasteiger partial charge in [0.05, 0.1) is 11.1 Å². The Bertz CT molecular complexity index is 937. The van der Waals surface area contributed by atoms with Crippen LogP contribution in [-0.4, -0.2) is 40.0 Å². The Hall–Kier alpha value is -3.22. The van der Waals surface area contributed by atoms with Crippen molar-refractivity contribution in [1.82, 2.24) is 20.3 Å². The van der Waals surface area contributed by atoms with Crippen LogP contribution in [0.3, 0.4) is 0 Å². The first-order valence-electron chi connectivity index (χ1n) is 8.90. The van der Waals surface area contributed by atoms with E-state index in [9.17, 15) is 9.59 Å². The molecule has 0 aliphatic rings. The van der Waals surface area contributed by atoms with Gasteiger partial charge in [-0.3, -0.25) is 4.79 Å². The standard InChI is InChI=1S/C20H22N4O3/c1-3-24-18-10-9-16(11-17(18)22-23-24)20(26)27-13-19(25)21-12-14(2)15-7-5-4-6-8-15/h4-11,14H,3,12-13H2,1-2H3,(H,21,25)/t14-/m1/s1. The highest BCUT2D eigenvalue weighted by Gasteiger charge is 2.13. The summed E-state index contributed by atoms with van der Waals surface area (Å²) in [6.07, 6.45) is 0. The Labute approximate surface area is 157 Å². The fourth-order valence-electron chi connectivity index (χ4n) is 2.76. The molecule has 140 valence electrons. The van der Waals surface area contributed by atoms with Gasteiger partial charge >= 0.3 is 5.97 Å². The average molecular weight is 366 g/mol. The van der Waals surface area contributed by atoms with Crippen molar-refractivity contribution in [3.63, 3.8) is 0 Å². The van der Waals surface area contributed by atoms with Gasteiger partial charge in [-0.25, -0.2) is 9.48 Å². The number of rotatable bonds is 7. The van der Waals surface area contributed by atoms with Crippen molar-refractivity contribution in [3.05, 3.63) is 59.7 Å². The van der Waals surface area contributed by atoms with Crippen LogP contribution in [0.1, 0.15) is 35.7 Å². The number of nitrogens with one attached hydrogen (secondary N) is 1. The van der Waals surface area contributed by atoms with Crippen LogP contribution in [0.5, 0.6) is 0 Å². The molecule has 0 saturated carbocycles. The molecular weight excluding hydrogens is 344 g/mol. The van der Waals surface area contributed by atoms with Crippen molar-refractivity contribution < 1.29 is 14.3 Å². The maximum absolute atomic E-state index is 12.2. The predicted octanol–water partition coefficient (Wildman–Crippen LogP) is 2.53. The van der Waals surface area contributed by atoms with Crippen LogP contribution in [-0.2, 0) is 16.1 Å². The SMILES string of the molecule is CCn1nnc2cc(C(=O)OCC(=O)NC[C@@H](C)c3ccccc3)ccc21. The summed E-state index contributed by atoms with van der Waals surface area (Å²) in [5, 5.41) is 10.8. The van der Waals surface area contributed by atoms with Crippen LogP contribution in [0.2, 0.25) is 0 Å². The zero-order valence-electron chi connectivity index (χ0n) is 15.4. The zero-order valence-corrected chi connectivity index (χ0v) is 15.4. The third-order valence-corrected chi connectivity index (χ3v) is 4.36. The molecule has 0 saturated heterocycles. The largest absolute Gasteiger partial charge is 0.452 e. The molecular formula is C20H22N4O3. The molecule has 1 heterocycles. The average Bonchev–Trinajstić information content (AvgIpc) is 3.13. The van der Waals surface area contributed by atoms with Gasteiger partial charge in [0.15, 0.2) is 6.61 Å². The Morgan fingerprint density at radius 1 is 1.19 bits per heavy atom. The van der Waals surface area contributed by atoms with Crippen LogP contribution < -0.4 is 5.32 Å². The van der Waals surface area contributed by atoms with Crippen molar-refractivity contribution in [2.24, 2.45) is 0 Å². The van der Waals surface area contributed by atoms with E-state index in [1.54, 1.807) is 22.9 Å². The van der Waals surface area contributed by atoms with E-state index in [4.69, 9.17) is 4.74 Å². The van der Waals surface area contributed by atoms with Crippen LogP contribution in [0, 0.1) is 0 Å². The molecule has 0 aliphatic carbocycles. The molecule has 3 rings (SSSR count). The molecule has 0 bridgehead atoms. The van der Waals surface area contributed by atoms with Crippen molar-refractivity contribution >= 4 is 22.9 Å². The van der Waals surface area contributed by atoms with E-state index in [1.807, 2.05) is 44.2 Å². The van der Waals surface area contributed by atoms with E-state index in [-0.39, 0.29) is 18.4 Å². The predicted molar refractivity (Wildman–Crippen MR) is 101 cm³/mol. The van der Waals surface area contributed by atoms with Gasteiger partial charge in [0, 0.05) is 13.1 Å². The van der Waals surface area contributed by atoms with E-state index in [1.165, 1.54) is 0 Å². The Balaban J connectivity index is 1.50. The van der Waals surface area contributed by atoms with Crippen molar-refractivity contribution in [2.45, 2.75) is 26.3 Å². The van der Waals surface area contributed by atoms with E-state index in [0.717, 1.165) is 11.1 Å². The second-order valence-electron chi connectivity index (χ2n) is 6.30.